The Morgan fingerprint density at radius 1 is 1.00 bits per heavy atom. The van der Waals surface area contributed by atoms with Crippen LogP contribution >= 0.6 is 0 Å². The number of piperidine rings is 1. The number of nitrogens with zero attached hydrogens (tertiary/aromatic N) is 1. The van der Waals surface area contributed by atoms with Gasteiger partial charge in [-0.2, -0.15) is 0 Å². The zero-order valence-corrected chi connectivity index (χ0v) is 8.42. The number of fused-ring (bicyclic) bond motifs is 2. The summed E-state index contributed by atoms with van der Waals surface area (Å²) < 4.78 is 0. The standard InChI is InChI=1S/C11H21N/c1-9-3-4-10-6-11(5-9)8-12(2)7-10/h9-11H,3-8H2,1-2H3. The fourth-order valence-corrected chi connectivity index (χ4v) is 3.16. The van der Waals surface area contributed by atoms with Gasteiger partial charge in [-0.05, 0) is 44.1 Å². The summed E-state index contributed by atoms with van der Waals surface area (Å²) in [5, 5.41) is 0. The van der Waals surface area contributed by atoms with Gasteiger partial charge < -0.3 is 4.90 Å². The first-order chi connectivity index (χ1) is 5.74. The second kappa shape index (κ2) is 3.37. The minimum atomic E-state index is 0.992. The van der Waals surface area contributed by atoms with Gasteiger partial charge in [-0.1, -0.05) is 13.3 Å². The van der Waals surface area contributed by atoms with Crippen molar-refractivity contribution in [1.29, 1.82) is 0 Å². The molecule has 12 heavy (non-hydrogen) atoms. The van der Waals surface area contributed by atoms with Gasteiger partial charge >= 0.3 is 0 Å². The van der Waals surface area contributed by atoms with Crippen molar-refractivity contribution in [3.8, 4) is 0 Å². The Bertz CT molecular complexity index is 153. The maximum Gasteiger partial charge on any atom is 0.000693 e. The SMILES string of the molecule is CC1CCC2CC(C1)CN(C)C2. The van der Waals surface area contributed by atoms with Gasteiger partial charge in [-0.3, -0.25) is 0 Å². The minimum Gasteiger partial charge on any atom is -0.306 e. The quantitative estimate of drug-likeness (QED) is 0.535. The van der Waals surface area contributed by atoms with E-state index in [0.29, 0.717) is 0 Å². The Morgan fingerprint density at radius 3 is 2.58 bits per heavy atom. The van der Waals surface area contributed by atoms with Crippen molar-refractivity contribution >= 4 is 0 Å². The monoisotopic (exact) mass is 167 g/mol. The predicted molar refractivity (Wildman–Crippen MR) is 52.1 cm³/mol. The molecule has 2 rings (SSSR count). The van der Waals surface area contributed by atoms with Crippen LogP contribution in [0.1, 0.15) is 32.6 Å². The first-order valence-electron chi connectivity index (χ1n) is 5.42. The van der Waals surface area contributed by atoms with Crippen molar-refractivity contribution in [3.05, 3.63) is 0 Å². The molecule has 0 aromatic rings. The Labute approximate surface area is 76.1 Å². The lowest BCUT2D eigenvalue weighted by atomic mass is 9.88. The summed E-state index contributed by atoms with van der Waals surface area (Å²) in [7, 11) is 2.29. The Balaban J connectivity index is 2.01. The summed E-state index contributed by atoms with van der Waals surface area (Å²) in [6.07, 6.45) is 5.98. The van der Waals surface area contributed by atoms with Crippen molar-refractivity contribution in [2.45, 2.75) is 32.6 Å². The lowest BCUT2D eigenvalue weighted by Crippen LogP contribution is -2.36. The van der Waals surface area contributed by atoms with Gasteiger partial charge in [0.05, 0.1) is 0 Å². The van der Waals surface area contributed by atoms with E-state index in [0.717, 1.165) is 17.8 Å². The second-order valence-electron chi connectivity index (χ2n) is 5.11. The third kappa shape index (κ3) is 1.82. The van der Waals surface area contributed by atoms with Gasteiger partial charge in [0.2, 0.25) is 0 Å². The zero-order chi connectivity index (χ0) is 8.55. The Kier molecular flexibility index (Phi) is 2.40. The molecule has 1 aliphatic carbocycles. The maximum atomic E-state index is 2.54. The summed E-state index contributed by atoms with van der Waals surface area (Å²) in [5.41, 5.74) is 0. The fourth-order valence-electron chi connectivity index (χ4n) is 3.16. The number of hydrogen-bond acceptors (Lipinski definition) is 1. The van der Waals surface area contributed by atoms with Gasteiger partial charge in [-0.15, -0.1) is 0 Å². The second-order valence-corrected chi connectivity index (χ2v) is 5.11. The van der Waals surface area contributed by atoms with Crippen LogP contribution in [0.5, 0.6) is 0 Å². The average Bonchev–Trinajstić information content (AvgIpc) is 2.10. The highest BCUT2D eigenvalue weighted by Gasteiger charge is 2.29. The van der Waals surface area contributed by atoms with Gasteiger partial charge in [0, 0.05) is 13.1 Å². The summed E-state index contributed by atoms with van der Waals surface area (Å²) in [5.74, 6) is 3.04. The number of rotatable bonds is 0. The Hall–Kier alpha value is -0.0400. The molecule has 1 saturated carbocycles. The van der Waals surface area contributed by atoms with Crippen LogP contribution in [0.2, 0.25) is 0 Å². The topological polar surface area (TPSA) is 3.24 Å². The molecule has 2 fully saturated rings. The molecule has 2 bridgehead atoms. The molecule has 0 aromatic heterocycles. The molecule has 1 nitrogen and oxygen atoms in total. The molecule has 70 valence electrons. The first-order valence-corrected chi connectivity index (χ1v) is 5.42. The zero-order valence-electron chi connectivity index (χ0n) is 8.42. The van der Waals surface area contributed by atoms with Crippen LogP contribution in [-0.2, 0) is 0 Å². The van der Waals surface area contributed by atoms with Crippen molar-refractivity contribution in [3.63, 3.8) is 0 Å². The van der Waals surface area contributed by atoms with Crippen LogP contribution in [0.25, 0.3) is 0 Å². The van der Waals surface area contributed by atoms with Crippen molar-refractivity contribution < 1.29 is 0 Å². The maximum absolute atomic E-state index is 2.54. The molecule has 1 heterocycles. The average molecular weight is 167 g/mol. The Morgan fingerprint density at radius 2 is 1.75 bits per heavy atom. The highest BCUT2D eigenvalue weighted by molar-refractivity contribution is 4.82. The molecule has 3 atom stereocenters. The van der Waals surface area contributed by atoms with E-state index < -0.39 is 0 Å². The molecule has 1 saturated heterocycles. The highest BCUT2D eigenvalue weighted by Crippen LogP contribution is 2.34. The van der Waals surface area contributed by atoms with E-state index in [1.54, 1.807) is 0 Å². The van der Waals surface area contributed by atoms with E-state index in [9.17, 15) is 0 Å². The van der Waals surface area contributed by atoms with E-state index >= 15 is 0 Å². The molecule has 0 aromatic carbocycles. The smallest absolute Gasteiger partial charge is 0.000693 e. The predicted octanol–water partition coefficient (Wildman–Crippen LogP) is 2.37. The van der Waals surface area contributed by atoms with Gasteiger partial charge in [-0.25, -0.2) is 0 Å². The molecule has 0 amide bonds. The van der Waals surface area contributed by atoms with E-state index in [1.165, 1.54) is 38.8 Å². The third-order valence-electron chi connectivity index (χ3n) is 3.61. The lowest BCUT2D eigenvalue weighted by Gasteiger charge is -2.33. The van der Waals surface area contributed by atoms with Gasteiger partial charge in [0.25, 0.3) is 0 Å². The van der Waals surface area contributed by atoms with Gasteiger partial charge in [0.15, 0.2) is 0 Å². The molecule has 0 N–H and O–H groups in total. The largest absolute Gasteiger partial charge is 0.306 e. The lowest BCUT2D eigenvalue weighted by molar-refractivity contribution is 0.152. The molecular formula is C11H21N. The van der Waals surface area contributed by atoms with Crippen LogP contribution in [-0.4, -0.2) is 25.0 Å². The number of likely N-dealkylation sites (tertiary alicyclic amines) is 1. The summed E-state index contributed by atoms with van der Waals surface area (Å²) in [6, 6.07) is 0. The van der Waals surface area contributed by atoms with Crippen LogP contribution < -0.4 is 0 Å². The molecule has 1 aliphatic heterocycles. The van der Waals surface area contributed by atoms with Gasteiger partial charge in [0.1, 0.15) is 0 Å². The summed E-state index contributed by atoms with van der Waals surface area (Å²) in [6.45, 7) is 5.16. The van der Waals surface area contributed by atoms with E-state index in [1.807, 2.05) is 0 Å². The summed E-state index contributed by atoms with van der Waals surface area (Å²) in [4.78, 5) is 2.54. The van der Waals surface area contributed by atoms with Crippen molar-refractivity contribution in [1.82, 2.24) is 4.90 Å². The number of hydrogen-bond donors (Lipinski definition) is 0. The third-order valence-corrected chi connectivity index (χ3v) is 3.61. The minimum absolute atomic E-state index is 0.992. The van der Waals surface area contributed by atoms with E-state index in [4.69, 9.17) is 0 Å². The first kappa shape index (κ1) is 8.55. The molecule has 2 aliphatic rings. The van der Waals surface area contributed by atoms with Crippen LogP contribution in [0, 0.1) is 17.8 Å². The molecule has 3 unspecified atom stereocenters. The molecule has 1 heteroatoms. The van der Waals surface area contributed by atoms with E-state index in [-0.39, 0.29) is 0 Å². The summed E-state index contributed by atoms with van der Waals surface area (Å²) >= 11 is 0. The molecule has 0 radical (unpaired) electrons. The van der Waals surface area contributed by atoms with Crippen LogP contribution in [0.3, 0.4) is 0 Å². The van der Waals surface area contributed by atoms with Crippen LogP contribution in [0.4, 0.5) is 0 Å². The van der Waals surface area contributed by atoms with E-state index in [2.05, 4.69) is 18.9 Å². The van der Waals surface area contributed by atoms with Crippen molar-refractivity contribution in [2.24, 2.45) is 17.8 Å². The molecule has 0 spiro atoms. The normalized spacial score (nSPS) is 44.0. The van der Waals surface area contributed by atoms with Crippen LogP contribution in [0.15, 0.2) is 0 Å². The highest BCUT2D eigenvalue weighted by atomic mass is 15.1. The fraction of sp³-hybridized carbons (Fsp3) is 1.00. The van der Waals surface area contributed by atoms with Crippen molar-refractivity contribution in [2.75, 3.05) is 20.1 Å². The molecular weight excluding hydrogens is 146 g/mol.